The van der Waals surface area contributed by atoms with Gasteiger partial charge >= 0.3 is 6.18 Å². The Labute approximate surface area is 202 Å². The van der Waals surface area contributed by atoms with Crippen LogP contribution in [0, 0.1) is 12.3 Å². The SMILES string of the molecule is COCC1(COc2cc3c(NCc4cccc(C(F)(F)F)c4)nc(C)nc3cc2OC)CN(C)C1. The van der Waals surface area contributed by atoms with Crippen LogP contribution >= 0.6 is 0 Å². The molecule has 1 N–H and O–H groups in total. The van der Waals surface area contributed by atoms with Crippen LogP contribution in [0.4, 0.5) is 19.0 Å². The fourth-order valence-corrected chi connectivity index (χ4v) is 4.56. The highest BCUT2D eigenvalue weighted by Gasteiger charge is 2.42. The topological polar surface area (TPSA) is 68.7 Å². The molecule has 3 aromatic rings. The summed E-state index contributed by atoms with van der Waals surface area (Å²) in [6.07, 6.45) is -4.40. The van der Waals surface area contributed by atoms with Gasteiger partial charge in [-0.25, -0.2) is 9.97 Å². The van der Waals surface area contributed by atoms with E-state index >= 15 is 0 Å². The number of nitrogens with one attached hydrogen (secondary N) is 1. The van der Waals surface area contributed by atoms with Gasteiger partial charge in [-0.3, -0.25) is 0 Å². The molecule has 0 atom stereocenters. The third-order valence-corrected chi connectivity index (χ3v) is 6.00. The van der Waals surface area contributed by atoms with E-state index in [0.717, 1.165) is 25.2 Å². The molecule has 35 heavy (non-hydrogen) atoms. The molecule has 0 radical (unpaired) electrons. The van der Waals surface area contributed by atoms with Crippen molar-refractivity contribution in [2.75, 3.05) is 52.9 Å². The Balaban J connectivity index is 1.61. The molecular weight excluding hydrogens is 461 g/mol. The van der Waals surface area contributed by atoms with Crippen LogP contribution in [0.15, 0.2) is 36.4 Å². The van der Waals surface area contributed by atoms with E-state index < -0.39 is 11.7 Å². The number of hydrogen-bond acceptors (Lipinski definition) is 7. The van der Waals surface area contributed by atoms with Gasteiger partial charge in [0.25, 0.3) is 0 Å². The molecular formula is C25H29F3N4O3. The van der Waals surface area contributed by atoms with Crippen LogP contribution in [-0.2, 0) is 17.5 Å². The number of benzene rings is 2. The zero-order chi connectivity index (χ0) is 25.2. The molecule has 1 aliphatic rings. The van der Waals surface area contributed by atoms with Gasteiger partial charge in [0, 0.05) is 38.2 Å². The largest absolute Gasteiger partial charge is 0.493 e. The molecule has 1 aromatic heterocycles. The van der Waals surface area contributed by atoms with Crippen LogP contribution in [-0.4, -0.2) is 62.4 Å². The Morgan fingerprint density at radius 2 is 1.83 bits per heavy atom. The number of fused-ring (bicyclic) bond motifs is 1. The van der Waals surface area contributed by atoms with E-state index in [1.54, 1.807) is 33.3 Å². The summed E-state index contributed by atoms with van der Waals surface area (Å²) in [6, 6.07) is 8.82. The third-order valence-electron chi connectivity index (χ3n) is 6.00. The van der Waals surface area contributed by atoms with Crippen LogP contribution in [0.1, 0.15) is 17.0 Å². The molecule has 4 rings (SSSR count). The number of alkyl halides is 3. The van der Waals surface area contributed by atoms with E-state index in [1.165, 1.54) is 6.07 Å². The summed E-state index contributed by atoms with van der Waals surface area (Å²) >= 11 is 0. The highest BCUT2D eigenvalue weighted by molar-refractivity contribution is 5.91. The molecule has 2 heterocycles. The van der Waals surface area contributed by atoms with Crippen molar-refractivity contribution >= 4 is 16.7 Å². The van der Waals surface area contributed by atoms with Crippen LogP contribution in [0.25, 0.3) is 10.9 Å². The standard InChI is InChI=1S/C25H29F3N4O3/c1-16-30-20-10-21(34-4)22(35-15-24(14-33-3)12-32(2)13-24)9-19(20)23(31-16)29-11-17-6-5-7-18(8-17)25(26,27)28/h5-10H,11-15H2,1-4H3,(H,29,30,31). The summed E-state index contributed by atoms with van der Waals surface area (Å²) < 4.78 is 56.4. The second-order valence-electron chi connectivity index (χ2n) is 9.09. The minimum Gasteiger partial charge on any atom is -0.493 e. The molecule has 0 bridgehead atoms. The summed E-state index contributed by atoms with van der Waals surface area (Å²) in [5, 5.41) is 3.85. The van der Waals surface area contributed by atoms with E-state index in [0.29, 0.717) is 52.8 Å². The Bertz CT molecular complexity index is 1190. The molecule has 0 aliphatic carbocycles. The normalized spacial score (nSPS) is 15.6. The summed E-state index contributed by atoms with van der Waals surface area (Å²) in [6.45, 7) is 4.69. The molecule has 10 heteroatoms. The quantitative estimate of drug-likeness (QED) is 0.473. The maximum Gasteiger partial charge on any atom is 0.416 e. The minimum absolute atomic E-state index is 0.0994. The summed E-state index contributed by atoms with van der Waals surface area (Å²) in [4.78, 5) is 11.2. The van der Waals surface area contributed by atoms with Crippen molar-refractivity contribution in [1.82, 2.24) is 14.9 Å². The van der Waals surface area contributed by atoms with Gasteiger partial charge in [-0.05, 0) is 37.7 Å². The number of likely N-dealkylation sites (tertiary alicyclic amines) is 1. The molecule has 0 spiro atoms. The molecule has 1 fully saturated rings. The Morgan fingerprint density at radius 1 is 1.06 bits per heavy atom. The van der Waals surface area contributed by atoms with E-state index in [1.807, 2.05) is 13.1 Å². The first-order valence-electron chi connectivity index (χ1n) is 11.2. The van der Waals surface area contributed by atoms with Gasteiger partial charge in [-0.1, -0.05) is 12.1 Å². The lowest BCUT2D eigenvalue weighted by molar-refractivity contribution is -0.137. The highest BCUT2D eigenvalue weighted by Crippen LogP contribution is 2.37. The molecule has 0 amide bonds. The van der Waals surface area contributed by atoms with Gasteiger partial charge in [0.1, 0.15) is 11.6 Å². The number of rotatable bonds is 9. The second-order valence-corrected chi connectivity index (χ2v) is 9.09. The van der Waals surface area contributed by atoms with E-state index in [4.69, 9.17) is 14.2 Å². The first kappa shape index (κ1) is 25.0. The zero-order valence-corrected chi connectivity index (χ0v) is 20.2. The second kappa shape index (κ2) is 9.87. The molecule has 2 aromatic carbocycles. The molecule has 7 nitrogen and oxygen atoms in total. The highest BCUT2D eigenvalue weighted by atomic mass is 19.4. The predicted molar refractivity (Wildman–Crippen MR) is 127 cm³/mol. The number of aryl methyl sites for hydroxylation is 1. The van der Waals surface area contributed by atoms with Crippen molar-refractivity contribution < 1.29 is 27.4 Å². The van der Waals surface area contributed by atoms with Crippen LogP contribution in [0.5, 0.6) is 11.5 Å². The molecule has 1 saturated heterocycles. The Morgan fingerprint density at radius 3 is 2.49 bits per heavy atom. The number of aromatic nitrogens is 2. The number of hydrogen-bond donors (Lipinski definition) is 1. The first-order chi connectivity index (χ1) is 16.6. The monoisotopic (exact) mass is 490 g/mol. The number of halogens is 3. The van der Waals surface area contributed by atoms with Gasteiger partial charge < -0.3 is 24.4 Å². The summed E-state index contributed by atoms with van der Waals surface area (Å²) in [7, 11) is 5.29. The number of anilines is 1. The maximum atomic E-state index is 13.1. The average Bonchev–Trinajstić information content (AvgIpc) is 2.79. The van der Waals surface area contributed by atoms with Crippen LogP contribution < -0.4 is 14.8 Å². The summed E-state index contributed by atoms with van der Waals surface area (Å²) in [5.41, 5.74) is 0.346. The Kier molecular flexibility index (Phi) is 7.05. The smallest absolute Gasteiger partial charge is 0.416 e. The molecule has 0 saturated carbocycles. The summed E-state index contributed by atoms with van der Waals surface area (Å²) in [5.74, 6) is 2.11. The van der Waals surface area contributed by atoms with Crippen molar-refractivity contribution in [3.63, 3.8) is 0 Å². The predicted octanol–water partition coefficient (Wildman–Crippen LogP) is 4.53. The molecule has 1 aliphatic heterocycles. The molecule has 0 unspecified atom stereocenters. The molecule has 188 valence electrons. The van der Waals surface area contributed by atoms with Gasteiger partial charge in [0.15, 0.2) is 11.5 Å². The number of nitrogens with zero attached hydrogens (tertiary/aromatic N) is 3. The van der Waals surface area contributed by atoms with Gasteiger partial charge in [-0.15, -0.1) is 0 Å². The lowest BCUT2D eigenvalue weighted by Crippen LogP contribution is -2.59. The van der Waals surface area contributed by atoms with Crippen molar-refractivity contribution in [3.8, 4) is 11.5 Å². The minimum atomic E-state index is -4.40. The van der Waals surface area contributed by atoms with Crippen molar-refractivity contribution in [2.45, 2.75) is 19.6 Å². The van der Waals surface area contributed by atoms with Crippen molar-refractivity contribution in [1.29, 1.82) is 0 Å². The fraction of sp³-hybridized carbons (Fsp3) is 0.440. The Hall–Kier alpha value is -3.11. The maximum absolute atomic E-state index is 13.1. The van der Waals surface area contributed by atoms with Crippen molar-refractivity contribution in [2.24, 2.45) is 5.41 Å². The van der Waals surface area contributed by atoms with Gasteiger partial charge in [-0.2, -0.15) is 13.2 Å². The van der Waals surface area contributed by atoms with Gasteiger partial charge in [0.05, 0.1) is 36.8 Å². The number of ether oxygens (including phenoxy) is 3. The van der Waals surface area contributed by atoms with Crippen LogP contribution in [0.3, 0.4) is 0 Å². The van der Waals surface area contributed by atoms with Crippen molar-refractivity contribution in [3.05, 3.63) is 53.3 Å². The first-order valence-corrected chi connectivity index (χ1v) is 11.2. The average molecular weight is 491 g/mol. The van der Waals surface area contributed by atoms with E-state index in [9.17, 15) is 13.2 Å². The van der Waals surface area contributed by atoms with Gasteiger partial charge in [0.2, 0.25) is 0 Å². The number of methoxy groups -OCH3 is 2. The van der Waals surface area contributed by atoms with E-state index in [-0.39, 0.29) is 12.0 Å². The fourth-order valence-electron chi connectivity index (χ4n) is 4.56. The third kappa shape index (κ3) is 5.59. The lowest BCUT2D eigenvalue weighted by Gasteiger charge is -2.47. The van der Waals surface area contributed by atoms with Crippen LogP contribution in [0.2, 0.25) is 0 Å². The van der Waals surface area contributed by atoms with E-state index in [2.05, 4.69) is 20.2 Å². The lowest BCUT2D eigenvalue weighted by atomic mass is 9.82. The zero-order valence-electron chi connectivity index (χ0n) is 20.2.